The normalized spacial score (nSPS) is 11.8. The lowest BCUT2D eigenvalue weighted by atomic mass is 10.1. The van der Waals surface area contributed by atoms with Gasteiger partial charge in [-0.15, -0.1) is 12.3 Å². The van der Waals surface area contributed by atoms with Gasteiger partial charge < -0.3 is 10.1 Å². The topological polar surface area (TPSA) is 21.3 Å². The molecule has 20 heavy (non-hydrogen) atoms. The van der Waals surface area contributed by atoms with Crippen molar-refractivity contribution >= 4 is 0 Å². The third-order valence-electron chi connectivity index (χ3n) is 3.27. The van der Waals surface area contributed by atoms with Gasteiger partial charge in [0.1, 0.15) is 5.75 Å². The third kappa shape index (κ3) is 7.21. The first-order chi connectivity index (χ1) is 9.76. The third-order valence-corrected chi connectivity index (χ3v) is 3.27. The van der Waals surface area contributed by atoms with Crippen LogP contribution in [-0.4, -0.2) is 19.2 Å². The number of unbranched alkanes of at least 4 members (excludes halogenated alkanes) is 1. The Morgan fingerprint density at radius 3 is 2.70 bits per heavy atom. The minimum Gasteiger partial charge on any atom is -0.494 e. The zero-order chi connectivity index (χ0) is 14.6. The van der Waals surface area contributed by atoms with Gasteiger partial charge in [0.15, 0.2) is 0 Å². The quantitative estimate of drug-likeness (QED) is 0.517. The fraction of sp³-hybridized carbons (Fsp3) is 0.556. The van der Waals surface area contributed by atoms with Crippen LogP contribution in [0.5, 0.6) is 5.75 Å². The van der Waals surface area contributed by atoms with E-state index in [1.807, 2.05) is 0 Å². The van der Waals surface area contributed by atoms with Crippen molar-refractivity contribution in [2.45, 2.75) is 52.0 Å². The number of ether oxygens (including phenoxy) is 1. The van der Waals surface area contributed by atoms with Crippen LogP contribution in [0.4, 0.5) is 0 Å². The van der Waals surface area contributed by atoms with E-state index in [2.05, 4.69) is 49.4 Å². The minimum atomic E-state index is 0.578. The first-order valence-electron chi connectivity index (χ1n) is 7.64. The monoisotopic (exact) mass is 273 g/mol. The largest absolute Gasteiger partial charge is 0.494 e. The van der Waals surface area contributed by atoms with E-state index < -0.39 is 0 Å². The molecule has 1 atom stereocenters. The number of benzene rings is 1. The zero-order valence-corrected chi connectivity index (χ0v) is 12.8. The van der Waals surface area contributed by atoms with Gasteiger partial charge in [-0.25, -0.2) is 0 Å². The molecule has 110 valence electrons. The Labute approximate surface area is 123 Å². The molecule has 0 aromatic heterocycles. The highest BCUT2D eigenvalue weighted by Gasteiger charge is 2.01. The molecule has 2 heteroatoms. The van der Waals surface area contributed by atoms with Crippen LogP contribution >= 0.6 is 0 Å². The summed E-state index contributed by atoms with van der Waals surface area (Å²) in [6, 6.07) is 8.99. The molecular weight excluding hydrogens is 246 g/mol. The molecule has 0 bridgehead atoms. The van der Waals surface area contributed by atoms with E-state index in [1.54, 1.807) is 0 Å². The van der Waals surface area contributed by atoms with Gasteiger partial charge in [0.25, 0.3) is 0 Å². The number of hydrogen-bond acceptors (Lipinski definition) is 2. The van der Waals surface area contributed by atoms with E-state index in [-0.39, 0.29) is 0 Å². The molecule has 0 saturated carbocycles. The van der Waals surface area contributed by atoms with Crippen LogP contribution < -0.4 is 10.1 Å². The molecule has 0 saturated heterocycles. The lowest BCUT2D eigenvalue weighted by Gasteiger charge is -2.13. The van der Waals surface area contributed by atoms with Gasteiger partial charge in [-0.1, -0.05) is 19.1 Å². The maximum atomic E-state index is 5.63. The average Bonchev–Trinajstić information content (AvgIpc) is 2.48. The van der Waals surface area contributed by atoms with Gasteiger partial charge in [-0.05, 0) is 56.8 Å². The first-order valence-corrected chi connectivity index (χ1v) is 7.64. The van der Waals surface area contributed by atoms with E-state index in [0.29, 0.717) is 12.6 Å². The van der Waals surface area contributed by atoms with Crippen molar-refractivity contribution in [1.29, 1.82) is 0 Å². The predicted molar refractivity (Wildman–Crippen MR) is 86.1 cm³/mol. The van der Waals surface area contributed by atoms with E-state index >= 15 is 0 Å². The lowest BCUT2D eigenvalue weighted by Crippen LogP contribution is -2.27. The molecule has 0 amide bonds. The molecule has 0 aliphatic carbocycles. The van der Waals surface area contributed by atoms with Crippen molar-refractivity contribution in [1.82, 2.24) is 5.32 Å². The molecule has 1 rings (SSSR count). The molecule has 0 aliphatic rings. The summed E-state index contributed by atoms with van der Waals surface area (Å²) in [6.45, 7) is 6.24. The molecule has 1 unspecified atom stereocenters. The molecule has 1 N–H and O–H groups in total. The molecule has 0 fully saturated rings. The Kier molecular flexibility index (Phi) is 8.58. The zero-order valence-electron chi connectivity index (χ0n) is 12.8. The van der Waals surface area contributed by atoms with Crippen LogP contribution in [0.25, 0.3) is 0 Å². The van der Waals surface area contributed by atoms with Crippen LogP contribution in [-0.2, 0) is 6.42 Å². The number of aryl methyl sites for hydroxylation is 1. The SMILES string of the molecule is C#CCCCOc1ccc(CCC(C)NCCC)cc1. The van der Waals surface area contributed by atoms with Crippen LogP contribution in [0.3, 0.4) is 0 Å². The highest BCUT2D eigenvalue weighted by atomic mass is 16.5. The van der Waals surface area contributed by atoms with Crippen molar-refractivity contribution < 1.29 is 4.74 Å². The second-order valence-electron chi connectivity index (χ2n) is 5.19. The smallest absolute Gasteiger partial charge is 0.119 e. The van der Waals surface area contributed by atoms with Crippen LogP contribution in [0.2, 0.25) is 0 Å². The summed E-state index contributed by atoms with van der Waals surface area (Å²) in [4.78, 5) is 0. The molecule has 0 spiro atoms. The number of terminal acetylenes is 1. The van der Waals surface area contributed by atoms with E-state index in [1.165, 1.54) is 18.4 Å². The molecule has 2 nitrogen and oxygen atoms in total. The van der Waals surface area contributed by atoms with Gasteiger partial charge in [0.2, 0.25) is 0 Å². The highest BCUT2D eigenvalue weighted by Crippen LogP contribution is 2.14. The fourth-order valence-corrected chi connectivity index (χ4v) is 1.99. The van der Waals surface area contributed by atoms with Crippen molar-refractivity contribution in [2.75, 3.05) is 13.2 Å². The molecule has 1 aromatic rings. The molecule has 1 aromatic carbocycles. The van der Waals surface area contributed by atoms with Crippen LogP contribution in [0.15, 0.2) is 24.3 Å². The summed E-state index contributed by atoms with van der Waals surface area (Å²) in [6.07, 6.45) is 10.4. The Morgan fingerprint density at radius 2 is 2.05 bits per heavy atom. The number of hydrogen-bond donors (Lipinski definition) is 1. The van der Waals surface area contributed by atoms with Crippen molar-refractivity contribution in [3.63, 3.8) is 0 Å². The van der Waals surface area contributed by atoms with Crippen molar-refractivity contribution in [3.8, 4) is 18.1 Å². The van der Waals surface area contributed by atoms with Gasteiger partial charge >= 0.3 is 0 Å². The van der Waals surface area contributed by atoms with Gasteiger partial charge in [0.05, 0.1) is 6.61 Å². The average molecular weight is 273 g/mol. The summed E-state index contributed by atoms with van der Waals surface area (Å²) in [5.41, 5.74) is 1.37. The van der Waals surface area contributed by atoms with Gasteiger partial charge in [0, 0.05) is 12.5 Å². The van der Waals surface area contributed by atoms with E-state index in [9.17, 15) is 0 Å². The summed E-state index contributed by atoms with van der Waals surface area (Å²) >= 11 is 0. The number of nitrogens with one attached hydrogen (secondary N) is 1. The highest BCUT2D eigenvalue weighted by molar-refractivity contribution is 5.27. The summed E-state index contributed by atoms with van der Waals surface area (Å²) in [7, 11) is 0. The van der Waals surface area contributed by atoms with Crippen molar-refractivity contribution in [2.24, 2.45) is 0 Å². The van der Waals surface area contributed by atoms with Crippen molar-refractivity contribution in [3.05, 3.63) is 29.8 Å². The number of rotatable bonds is 10. The second kappa shape index (κ2) is 10.3. The molecule has 0 radical (unpaired) electrons. The first kappa shape index (κ1) is 16.6. The Hall–Kier alpha value is -1.46. The summed E-state index contributed by atoms with van der Waals surface area (Å²) in [5.74, 6) is 3.55. The van der Waals surface area contributed by atoms with Crippen LogP contribution in [0, 0.1) is 12.3 Å². The minimum absolute atomic E-state index is 0.578. The Balaban J connectivity index is 2.26. The maximum absolute atomic E-state index is 5.63. The summed E-state index contributed by atoms with van der Waals surface area (Å²) in [5, 5.41) is 3.51. The van der Waals surface area contributed by atoms with E-state index in [0.717, 1.165) is 31.6 Å². The molecule has 0 heterocycles. The summed E-state index contributed by atoms with van der Waals surface area (Å²) < 4.78 is 5.63. The fourth-order valence-electron chi connectivity index (χ4n) is 1.99. The van der Waals surface area contributed by atoms with E-state index in [4.69, 9.17) is 11.2 Å². The Morgan fingerprint density at radius 1 is 1.30 bits per heavy atom. The second-order valence-corrected chi connectivity index (χ2v) is 5.19. The van der Waals surface area contributed by atoms with Crippen LogP contribution in [0.1, 0.15) is 45.1 Å². The lowest BCUT2D eigenvalue weighted by molar-refractivity contribution is 0.313. The maximum Gasteiger partial charge on any atom is 0.119 e. The molecule has 0 aliphatic heterocycles. The Bertz CT molecular complexity index is 391. The standard InChI is InChI=1S/C18H27NO/c1-4-6-7-15-20-18-12-10-17(11-13-18)9-8-16(3)19-14-5-2/h1,10-13,16,19H,5-9,14-15H2,2-3H3. The van der Waals surface area contributed by atoms with Gasteiger partial charge in [-0.3, -0.25) is 0 Å². The predicted octanol–water partition coefficient (Wildman–Crippen LogP) is 3.80. The van der Waals surface area contributed by atoms with Gasteiger partial charge in [-0.2, -0.15) is 0 Å². The molecular formula is C18H27NO.